The standard InChI is InChI=1S/C8H17NS/c1-3-8(2)5-4-6-9-7-10/h7-8H,3-6H2,1-2H3,(H,9,10). The third kappa shape index (κ3) is 6.02. The molecule has 0 heterocycles. The summed E-state index contributed by atoms with van der Waals surface area (Å²) >= 11 is 4.62. The Hall–Kier alpha value is -0.110. The minimum absolute atomic E-state index is 0.868. The highest BCUT2D eigenvalue weighted by atomic mass is 32.1. The topological polar surface area (TPSA) is 12.0 Å². The van der Waals surface area contributed by atoms with Crippen LogP contribution in [0.2, 0.25) is 0 Å². The average Bonchev–Trinajstić information content (AvgIpc) is 1.98. The summed E-state index contributed by atoms with van der Waals surface area (Å²) in [6, 6.07) is 0. The smallest absolute Gasteiger partial charge is 0.0614 e. The molecule has 60 valence electrons. The number of thiocarbonyl (C=S) groups is 1. The molecule has 1 nitrogen and oxygen atoms in total. The first-order valence-electron chi connectivity index (χ1n) is 3.98. The SMILES string of the molecule is CCC(C)CCCNC=S. The molecule has 1 unspecified atom stereocenters. The van der Waals surface area contributed by atoms with Crippen molar-refractivity contribution in [2.45, 2.75) is 33.1 Å². The summed E-state index contributed by atoms with van der Waals surface area (Å²) in [4.78, 5) is 0. The molecule has 0 fully saturated rings. The van der Waals surface area contributed by atoms with E-state index in [0.717, 1.165) is 12.5 Å². The summed E-state index contributed by atoms with van der Waals surface area (Å²) in [6.45, 7) is 5.56. The zero-order chi connectivity index (χ0) is 7.82. The maximum absolute atomic E-state index is 4.62. The van der Waals surface area contributed by atoms with E-state index in [9.17, 15) is 0 Å². The van der Waals surface area contributed by atoms with E-state index < -0.39 is 0 Å². The minimum atomic E-state index is 0.868. The van der Waals surface area contributed by atoms with Crippen LogP contribution in [0.15, 0.2) is 0 Å². The van der Waals surface area contributed by atoms with Gasteiger partial charge in [0.15, 0.2) is 0 Å². The number of hydrogen-bond acceptors (Lipinski definition) is 1. The van der Waals surface area contributed by atoms with Gasteiger partial charge in [0.1, 0.15) is 0 Å². The van der Waals surface area contributed by atoms with E-state index in [1.54, 1.807) is 5.49 Å². The van der Waals surface area contributed by atoms with Gasteiger partial charge in [-0.1, -0.05) is 32.5 Å². The second kappa shape index (κ2) is 7.00. The maximum Gasteiger partial charge on any atom is 0.0614 e. The fourth-order valence-electron chi connectivity index (χ4n) is 0.816. The zero-order valence-electron chi connectivity index (χ0n) is 6.89. The summed E-state index contributed by atoms with van der Waals surface area (Å²) in [7, 11) is 0. The van der Waals surface area contributed by atoms with Gasteiger partial charge < -0.3 is 5.32 Å². The molecule has 0 radical (unpaired) electrons. The molecule has 0 aliphatic carbocycles. The van der Waals surface area contributed by atoms with Crippen molar-refractivity contribution in [2.75, 3.05) is 6.54 Å². The Labute approximate surface area is 69.2 Å². The van der Waals surface area contributed by atoms with E-state index in [1.165, 1.54) is 19.3 Å². The minimum Gasteiger partial charge on any atom is -0.382 e. The first-order chi connectivity index (χ1) is 4.81. The Morgan fingerprint density at radius 2 is 2.30 bits per heavy atom. The van der Waals surface area contributed by atoms with Gasteiger partial charge in [-0.05, 0) is 18.8 Å². The van der Waals surface area contributed by atoms with Crippen LogP contribution < -0.4 is 5.32 Å². The van der Waals surface area contributed by atoms with Crippen molar-refractivity contribution in [1.29, 1.82) is 0 Å². The predicted octanol–water partition coefficient (Wildman–Crippen LogP) is 2.36. The van der Waals surface area contributed by atoms with Crippen LogP contribution in [-0.4, -0.2) is 12.0 Å². The molecule has 1 atom stereocenters. The lowest BCUT2D eigenvalue weighted by atomic mass is 10.0. The average molecular weight is 159 g/mol. The largest absolute Gasteiger partial charge is 0.382 e. The molecule has 0 saturated heterocycles. The van der Waals surface area contributed by atoms with Crippen LogP contribution in [-0.2, 0) is 0 Å². The second-order valence-corrected chi connectivity index (χ2v) is 2.96. The van der Waals surface area contributed by atoms with Gasteiger partial charge in [-0.3, -0.25) is 0 Å². The molecule has 0 aromatic rings. The summed E-state index contributed by atoms with van der Waals surface area (Å²) in [5.74, 6) is 0.868. The Kier molecular flexibility index (Phi) is 6.93. The van der Waals surface area contributed by atoms with Crippen LogP contribution in [0.4, 0.5) is 0 Å². The van der Waals surface area contributed by atoms with Crippen LogP contribution >= 0.6 is 12.2 Å². The first kappa shape index (κ1) is 9.89. The number of nitrogens with one attached hydrogen (secondary N) is 1. The van der Waals surface area contributed by atoms with Crippen molar-refractivity contribution in [2.24, 2.45) is 5.92 Å². The molecule has 0 aliphatic heterocycles. The van der Waals surface area contributed by atoms with Crippen molar-refractivity contribution >= 4 is 17.7 Å². The third-order valence-electron chi connectivity index (χ3n) is 1.80. The maximum atomic E-state index is 4.62. The molecule has 0 bridgehead atoms. The summed E-state index contributed by atoms with van der Waals surface area (Å²) in [5.41, 5.74) is 1.59. The Bertz CT molecular complexity index is 83.3. The normalized spacial score (nSPS) is 12.6. The van der Waals surface area contributed by atoms with Gasteiger partial charge in [0.05, 0.1) is 5.49 Å². The molecule has 0 spiro atoms. The lowest BCUT2D eigenvalue weighted by Gasteiger charge is -2.06. The lowest BCUT2D eigenvalue weighted by Crippen LogP contribution is -2.11. The summed E-state index contributed by atoms with van der Waals surface area (Å²) in [5, 5.41) is 3.02. The van der Waals surface area contributed by atoms with Crippen molar-refractivity contribution in [3.05, 3.63) is 0 Å². The van der Waals surface area contributed by atoms with Gasteiger partial charge in [0.25, 0.3) is 0 Å². The molecular weight excluding hydrogens is 142 g/mol. The number of rotatable bonds is 6. The van der Waals surface area contributed by atoms with Gasteiger partial charge in [0.2, 0.25) is 0 Å². The van der Waals surface area contributed by atoms with Crippen LogP contribution in [0.5, 0.6) is 0 Å². The van der Waals surface area contributed by atoms with E-state index in [1.807, 2.05) is 0 Å². The lowest BCUT2D eigenvalue weighted by molar-refractivity contribution is 0.495. The van der Waals surface area contributed by atoms with Gasteiger partial charge >= 0.3 is 0 Å². The fraction of sp³-hybridized carbons (Fsp3) is 0.875. The van der Waals surface area contributed by atoms with E-state index >= 15 is 0 Å². The van der Waals surface area contributed by atoms with Crippen LogP contribution in [0, 0.1) is 5.92 Å². The first-order valence-corrected chi connectivity index (χ1v) is 4.45. The molecule has 0 amide bonds. The van der Waals surface area contributed by atoms with E-state index in [4.69, 9.17) is 0 Å². The molecular formula is C8H17NS. The highest BCUT2D eigenvalue weighted by Gasteiger charge is 1.95. The summed E-state index contributed by atoms with van der Waals surface area (Å²) in [6.07, 6.45) is 3.84. The van der Waals surface area contributed by atoms with Crippen molar-refractivity contribution in [3.63, 3.8) is 0 Å². The van der Waals surface area contributed by atoms with Crippen molar-refractivity contribution < 1.29 is 0 Å². The van der Waals surface area contributed by atoms with Gasteiger partial charge in [-0.25, -0.2) is 0 Å². The quantitative estimate of drug-likeness (QED) is 0.471. The fourth-order valence-corrected chi connectivity index (χ4v) is 0.933. The van der Waals surface area contributed by atoms with Crippen molar-refractivity contribution in [1.82, 2.24) is 5.32 Å². The second-order valence-electron chi connectivity index (χ2n) is 2.73. The van der Waals surface area contributed by atoms with Gasteiger partial charge in [-0.15, -0.1) is 0 Å². The molecule has 1 N–H and O–H groups in total. The molecule has 0 saturated carbocycles. The van der Waals surface area contributed by atoms with E-state index in [0.29, 0.717) is 0 Å². The van der Waals surface area contributed by atoms with E-state index in [-0.39, 0.29) is 0 Å². The van der Waals surface area contributed by atoms with Crippen molar-refractivity contribution in [3.8, 4) is 0 Å². The molecule has 0 aromatic heterocycles. The zero-order valence-corrected chi connectivity index (χ0v) is 7.71. The monoisotopic (exact) mass is 159 g/mol. The number of hydrogen-bond donors (Lipinski definition) is 1. The van der Waals surface area contributed by atoms with Crippen LogP contribution in [0.1, 0.15) is 33.1 Å². The summed E-state index contributed by atoms with van der Waals surface area (Å²) < 4.78 is 0. The Morgan fingerprint density at radius 1 is 1.60 bits per heavy atom. The molecule has 2 heteroatoms. The Balaban J connectivity index is 2.95. The van der Waals surface area contributed by atoms with Crippen LogP contribution in [0.25, 0.3) is 0 Å². The van der Waals surface area contributed by atoms with Gasteiger partial charge in [0, 0.05) is 6.54 Å². The predicted molar refractivity (Wildman–Crippen MR) is 50.3 cm³/mol. The highest BCUT2D eigenvalue weighted by Crippen LogP contribution is 2.07. The molecule has 0 aliphatic rings. The van der Waals surface area contributed by atoms with Gasteiger partial charge in [-0.2, -0.15) is 0 Å². The molecule has 0 aromatic carbocycles. The van der Waals surface area contributed by atoms with Crippen LogP contribution in [0.3, 0.4) is 0 Å². The third-order valence-corrected chi connectivity index (χ3v) is 1.96. The highest BCUT2D eigenvalue weighted by molar-refractivity contribution is 7.78. The Morgan fingerprint density at radius 3 is 2.80 bits per heavy atom. The molecule has 10 heavy (non-hydrogen) atoms. The molecule has 0 rings (SSSR count). The van der Waals surface area contributed by atoms with E-state index in [2.05, 4.69) is 31.4 Å².